The van der Waals surface area contributed by atoms with E-state index in [0.717, 1.165) is 10.5 Å². The summed E-state index contributed by atoms with van der Waals surface area (Å²) in [6, 6.07) is 20.9. The van der Waals surface area contributed by atoms with Crippen LogP contribution >= 0.6 is 0 Å². The Morgan fingerprint density at radius 2 is 1.71 bits per heavy atom. The maximum absolute atomic E-state index is 13.1. The molecule has 0 bridgehead atoms. The van der Waals surface area contributed by atoms with E-state index >= 15 is 0 Å². The van der Waals surface area contributed by atoms with Crippen LogP contribution in [-0.2, 0) is 16.0 Å². The Morgan fingerprint density at radius 1 is 1.00 bits per heavy atom. The molecule has 2 aliphatic heterocycles. The molecule has 2 aliphatic rings. The van der Waals surface area contributed by atoms with Gasteiger partial charge in [-0.2, -0.15) is 0 Å². The van der Waals surface area contributed by atoms with E-state index in [1.54, 1.807) is 43.3 Å². The number of para-hydroxylation sites is 1. The molecule has 0 spiro atoms. The van der Waals surface area contributed by atoms with Crippen LogP contribution in [0.25, 0.3) is 0 Å². The number of hydrogen-bond donors (Lipinski definition) is 2. The number of benzene rings is 3. The summed E-state index contributed by atoms with van der Waals surface area (Å²) in [5.41, 5.74) is 0.140. The summed E-state index contributed by atoms with van der Waals surface area (Å²) in [4.78, 5) is 39.1. The van der Waals surface area contributed by atoms with Gasteiger partial charge in [0.15, 0.2) is 11.5 Å². The third-order valence-electron chi connectivity index (χ3n) is 5.76. The largest absolute Gasteiger partial charge is 0.457 e. The number of carbonyl (C=O) groups is 3. The quantitative estimate of drug-likeness (QED) is 0.507. The van der Waals surface area contributed by atoms with Gasteiger partial charge in [0.1, 0.15) is 23.6 Å². The van der Waals surface area contributed by atoms with E-state index in [0.29, 0.717) is 28.7 Å². The minimum Gasteiger partial charge on any atom is -0.457 e. The minimum atomic E-state index is -1.18. The van der Waals surface area contributed by atoms with Crippen molar-refractivity contribution < 1.29 is 28.6 Å². The van der Waals surface area contributed by atoms with Crippen LogP contribution in [0.1, 0.15) is 12.5 Å². The van der Waals surface area contributed by atoms with Gasteiger partial charge < -0.3 is 24.8 Å². The first-order chi connectivity index (χ1) is 16.9. The topological polar surface area (TPSA) is 106 Å². The normalized spacial score (nSPS) is 18.4. The average Bonchev–Trinajstić information content (AvgIpc) is 3.39. The van der Waals surface area contributed by atoms with Crippen LogP contribution in [-0.4, -0.2) is 41.6 Å². The third kappa shape index (κ3) is 4.74. The van der Waals surface area contributed by atoms with Crippen molar-refractivity contribution in [3.8, 4) is 23.0 Å². The molecular formula is C26H23N3O6. The lowest BCUT2D eigenvalue weighted by Gasteiger charge is -2.22. The molecule has 35 heavy (non-hydrogen) atoms. The maximum Gasteiger partial charge on any atom is 0.325 e. The zero-order valence-electron chi connectivity index (χ0n) is 18.9. The molecule has 178 valence electrons. The number of nitrogens with zero attached hydrogens (tertiary/aromatic N) is 1. The van der Waals surface area contributed by atoms with Crippen molar-refractivity contribution in [1.82, 2.24) is 10.2 Å². The SMILES string of the molecule is CC1(Cc2ccc3c(c2)OCO3)NC(=O)N(CC(=O)Nc2ccc(Oc3ccccc3)cc2)C1=O. The zero-order chi connectivity index (χ0) is 24.4. The van der Waals surface area contributed by atoms with Crippen molar-refractivity contribution in [2.75, 3.05) is 18.7 Å². The molecule has 3 aromatic carbocycles. The number of amides is 4. The number of hydrogen-bond acceptors (Lipinski definition) is 6. The summed E-state index contributed by atoms with van der Waals surface area (Å²) in [6.45, 7) is 1.39. The average molecular weight is 473 g/mol. The number of rotatable bonds is 7. The van der Waals surface area contributed by atoms with Gasteiger partial charge >= 0.3 is 6.03 Å². The maximum atomic E-state index is 13.1. The van der Waals surface area contributed by atoms with E-state index in [2.05, 4.69) is 10.6 Å². The van der Waals surface area contributed by atoms with E-state index in [1.807, 2.05) is 36.4 Å². The molecule has 4 amide bonds. The molecule has 0 aromatic heterocycles. The van der Waals surface area contributed by atoms with Crippen molar-refractivity contribution in [3.63, 3.8) is 0 Å². The highest BCUT2D eigenvalue weighted by molar-refractivity contribution is 6.10. The Labute approximate surface area is 201 Å². The lowest BCUT2D eigenvalue weighted by Crippen LogP contribution is -2.46. The van der Waals surface area contributed by atoms with Gasteiger partial charge in [-0.3, -0.25) is 14.5 Å². The predicted molar refractivity (Wildman–Crippen MR) is 127 cm³/mol. The van der Waals surface area contributed by atoms with Crippen molar-refractivity contribution in [3.05, 3.63) is 78.4 Å². The summed E-state index contributed by atoms with van der Waals surface area (Å²) in [5.74, 6) is 1.59. The number of urea groups is 1. The Kier molecular flexibility index (Phi) is 5.74. The molecule has 3 aromatic rings. The summed E-state index contributed by atoms with van der Waals surface area (Å²) >= 11 is 0. The van der Waals surface area contributed by atoms with Gasteiger partial charge in [-0.05, 0) is 61.0 Å². The molecule has 0 radical (unpaired) electrons. The smallest absolute Gasteiger partial charge is 0.325 e. The van der Waals surface area contributed by atoms with E-state index in [1.165, 1.54) is 0 Å². The van der Waals surface area contributed by atoms with Crippen LogP contribution in [0.15, 0.2) is 72.8 Å². The molecule has 2 heterocycles. The van der Waals surface area contributed by atoms with Gasteiger partial charge in [0.2, 0.25) is 12.7 Å². The lowest BCUT2D eigenvalue weighted by molar-refractivity contribution is -0.133. The second kappa shape index (κ2) is 9.02. The monoisotopic (exact) mass is 473 g/mol. The van der Waals surface area contributed by atoms with Gasteiger partial charge in [-0.1, -0.05) is 24.3 Å². The summed E-state index contributed by atoms with van der Waals surface area (Å²) < 4.78 is 16.4. The van der Waals surface area contributed by atoms with Crippen molar-refractivity contribution >= 4 is 23.5 Å². The lowest BCUT2D eigenvalue weighted by atomic mass is 9.92. The van der Waals surface area contributed by atoms with Crippen LogP contribution in [0.4, 0.5) is 10.5 Å². The predicted octanol–water partition coefficient (Wildman–Crippen LogP) is 3.70. The number of fused-ring (bicyclic) bond motifs is 1. The van der Waals surface area contributed by atoms with Crippen molar-refractivity contribution in [2.45, 2.75) is 18.9 Å². The molecule has 1 atom stereocenters. The first kappa shape index (κ1) is 22.3. The molecule has 9 heteroatoms. The van der Waals surface area contributed by atoms with E-state index in [9.17, 15) is 14.4 Å². The zero-order valence-corrected chi connectivity index (χ0v) is 18.9. The van der Waals surface area contributed by atoms with Gasteiger partial charge in [0.25, 0.3) is 5.91 Å². The van der Waals surface area contributed by atoms with Gasteiger partial charge in [-0.15, -0.1) is 0 Å². The van der Waals surface area contributed by atoms with Crippen LogP contribution in [0, 0.1) is 0 Å². The van der Waals surface area contributed by atoms with E-state index < -0.39 is 29.9 Å². The van der Waals surface area contributed by atoms with E-state index in [-0.39, 0.29) is 13.2 Å². The molecule has 5 rings (SSSR count). The fourth-order valence-corrected chi connectivity index (χ4v) is 4.04. The number of nitrogens with one attached hydrogen (secondary N) is 2. The summed E-state index contributed by atoms with van der Waals surface area (Å²) in [6.07, 6.45) is 0.245. The van der Waals surface area contributed by atoms with Crippen LogP contribution < -0.4 is 24.8 Å². The highest BCUT2D eigenvalue weighted by atomic mass is 16.7. The molecule has 2 N–H and O–H groups in total. The number of carbonyl (C=O) groups excluding carboxylic acids is 3. The van der Waals surface area contributed by atoms with E-state index in [4.69, 9.17) is 14.2 Å². The number of ether oxygens (including phenoxy) is 3. The van der Waals surface area contributed by atoms with Crippen molar-refractivity contribution in [1.29, 1.82) is 0 Å². The molecule has 1 unspecified atom stereocenters. The highest BCUT2D eigenvalue weighted by Crippen LogP contribution is 2.34. The van der Waals surface area contributed by atoms with Gasteiger partial charge in [-0.25, -0.2) is 4.79 Å². The standard InChI is InChI=1S/C26H23N3O6/c1-26(14-17-7-12-21-22(13-17)34-16-33-21)24(31)29(25(32)28-26)15-23(30)27-18-8-10-20(11-9-18)35-19-5-3-2-4-6-19/h2-13H,14-16H2,1H3,(H,27,30)(H,28,32). The highest BCUT2D eigenvalue weighted by Gasteiger charge is 2.48. The van der Waals surface area contributed by atoms with Gasteiger partial charge in [0.05, 0.1) is 0 Å². The molecular weight excluding hydrogens is 450 g/mol. The molecule has 1 saturated heterocycles. The minimum absolute atomic E-state index is 0.150. The number of imide groups is 1. The molecule has 1 fully saturated rings. The Hall–Kier alpha value is -4.53. The van der Waals surface area contributed by atoms with Crippen LogP contribution in [0.3, 0.4) is 0 Å². The Balaban J connectivity index is 1.19. The summed E-state index contributed by atoms with van der Waals surface area (Å²) in [7, 11) is 0. The second-order valence-electron chi connectivity index (χ2n) is 8.51. The van der Waals surface area contributed by atoms with Crippen LogP contribution in [0.5, 0.6) is 23.0 Å². The summed E-state index contributed by atoms with van der Waals surface area (Å²) in [5, 5.41) is 5.42. The second-order valence-corrected chi connectivity index (χ2v) is 8.51. The van der Waals surface area contributed by atoms with Crippen LogP contribution in [0.2, 0.25) is 0 Å². The molecule has 0 saturated carbocycles. The third-order valence-corrected chi connectivity index (χ3v) is 5.76. The fourth-order valence-electron chi connectivity index (χ4n) is 4.04. The van der Waals surface area contributed by atoms with Crippen molar-refractivity contribution in [2.24, 2.45) is 0 Å². The first-order valence-corrected chi connectivity index (χ1v) is 11.1. The Morgan fingerprint density at radius 3 is 2.49 bits per heavy atom. The fraction of sp³-hybridized carbons (Fsp3) is 0.192. The molecule has 9 nitrogen and oxygen atoms in total. The first-order valence-electron chi connectivity index (χ1n) is 11.1. The van der Waals surface area contributed by atoms with Gasteiger partial charge in [0, 0.05) is 12.1 Å². The molecule has 0 aliphatic carbocycles. The number of anilines is 1. The Bertz CT molecular complexity index is 1280.